The Morgan fingerprint density at radius 2 is 2.24 bits per heavy atom. The van der Waals surface area contributed by atoms with Gasteiger partial charge in [-0.15, -0.1) is 0 Å². The lowest BCUT2D eigenvalue weighted by Gasteiger charge is -2.04. The predicted octanol–water partition coefficient (Wildman–Crippen LogP) is 2.44. The summed E-state index contributed by atoms with van der Waals surface area (Å²) in [6.45, 7) is 2.40. The number of rotatable bonds is 5. The molecule has 1 N–H and O–H groups in total. The maximum atomic E-state index is 11.4. The second kappa shape index (κ2) is 7.28. The lowest BCUT2D eigenvalue weighted by atomic mass is 10.2. The molecule has 90 valence electrons. The van der Waals surface area contributed by atoms with Crippen LogP contribution in [-0.4, -0.2) is 13.0 Å². The second-order valence-corrected chi connectivity index (χ2v) is 3.45. The second-order valence-electron chi connectivity index (χ2n) is 3.45. The van der Waals surface area contributed by atoms with E-state index in [9.17, 15) is 4.79 Å². The zero-order valence-corrected chi connectivity index (χ0v) is 10.1. The van der Waals surface area contributed by atoms with Gasteiger partial charge in [0.25, 0.3) is 0 Å². The first-order valence-electron chi connectivity index (χ1n) is 5.46. The van der Waals surface area contributed by atoms with E-state index in [1.54, 1.807) is 13.2 Å². The quantitative estimate of drug-likeness (QED) is 0.624. The van der Waals surface area contributed by atoms with Gasteiger partial charge in [-0.05, 0) is 24.6 Å². The molecule has 0 aromatic heterocycles. The topological polar surface area (TPSA) is 38.3 Å². The molecule has 1 rings (SSSR count). The standard InChI is InChI=1S/C14H17NO2/c1-3-4-5-9-14(16)15-11-12-7-6-8-13(10-12)17-2/h3-10H,11H2,1-2H3,(H,15,16). The van der Waals surface area contributed by atoms with Crippen LogP contribution in [0.5, 0.6) is 5.75 Å². The van der Waals surface area contributed by atoms with E-state index in [2.05, 4.69) is 5.32 Å². The Balaban J connectivity index is 2.47. The van der Waals surface area contributed by atoms with Gasteiger partial charge in [-0.25, -0.2) is 0 Å². The van der Waals surface area contributed by atoms with Gasteiger partial charge < -0.3 is 10.1 Å². The molecule has 0 saturated heterocycles. The molecule has 0 aliphatic carbocycles. The molecule has 0 heterocycles. The van der Waals surface area contributed by atoms with E-state index in [4.69, 9.17) is 4.74 Å². The highest BCUT2D eigenvalue weighted by molar-refractivity contribution is 5.87. The number of ether oxygens (including phenoxy) is 1. The maximum Gasteiger partial charge on any atom is 0.244 e. The van der Waals surface area contributed by atoms with Crippen molar-refractivity contribution in [3.63, 3.8) is 0 Å². The normalized spacial score (nSPS) is 10.9. The first kappa shape index (κ1) is 13.0. The van der Waals surface area contributed by atoms with Crippen LogP contribution in [0.4, 0.5) is 0 Å². The van der Waals surface area contributed by atoms with Crippen molar-refractivity contribution in [3.8, 4) is 5.75 Å². The monoisotopic (exact) mass is 231 g/mol. The van der Waals surface area contributed by atoms with Crippen molar-refractivity contribution in [2.75, 3.05) is 7.11 Å². The van der Waals surface area contributed by atoms with Crippen molar-refractivity contribution in [3.05, 3.63) is 54.1 Å². The van der Waals surface area contributed by atoms with Crippen molar-refractivity contribution in [2.45, 2.75) is 13.5 Å². The number of amides is 1. The summed E-state index contributed by atoms with van der Waals surface area (Å²) in [5.41, 5.74) is 1.01. The smallest absolute Gasteiger partial charge is 0.244 e. The van der Waals surface area contributed by atoms with Crippen molar-refractivity contribution >= 4 is 5.91 Å². The molecule has 3 nitrogen and oxygen atoms in total. The molecule has 0 radical (unpaired) electrons. The van der Waals surface area contributed by atoms with E-state index < -0.39 is 0 Å². The molecular weight excluding hydrogens is 214 g/mol. The fourth-order valence-electron chi connectivity index (χ4n) is 1.28. The number of carbonyl (C=O) groups is 1. The third-order valence-electron chi connectivity index (χ3n) is 2.15. The molecule has 1 amide bonds. The molecule has 0 saturated carbocycles. The van der Waals surface area contributed by atoms with E-state index in [0.29, 0.717) is 6.54 Å². The first-order valence-corrected chi connectivity index (χ1v) is 5.46. The molecule has 0 aliphatic heterocycles. The van der Waals surface area contributed by atoms with Crippen LogP contribution in [0, 0.1) is 0 Å². The number of hydrogen-bond donors (Lipinski definition) is 1. The van der Waals surface area contributed by atoms with E-state index in [0.717, 1.165) is 11.3 Å². The SMILES string of the molecule is CC=CC=CC(=O)NCc1cccc(OC)c1. The number of allylic oxidation sites excluding steroid dienone is 3. The van der Waals surface area contributed by atoms with Crippen LogP contribution in [0.15, 0.2) is 48.6 Å². The van der Waals surface area contributed by atoms with Gasteiger partial charge in [-0.1, -0.05) is 30.4 Å². The van der Waals surface area contributed by atoms with Crippen LogP contribution in [-0.2, 0) is 11.3 Å². The summed E-state index contributed by atoms with van der Waals surface area (Å²) in [5.74, 6) is 0.687. The Morgan fingerprint density at radius 3 is 2.94 bits per heavy atom. The number of carbonyl (C=O) groups excluding carboxylic acids is 1. The highest BCUT2D eigenvalue weighted by Crippen LogP contribution is 2.11. The van der Waals surface area contributed by atoms with Crippen molar-refractivity contribution < 1.29 is 9.53 Å². The van der Waals surface area contributed by atoms with Crippen molar-refractivity contribution in [1.82, 2.24) is 5.32 Å². The third-order valence-corrected chi connectivity index (χ3v) is 2.15. The van der Waals surface area contributed by atoms with Crippen LogP contribution in [0.1, 0.15) is 12.5 Å². The van der Waals surface area contributed by atoms with Gasteiger partial charge in [0.1, 0.15) is 5.75 Å². The largest absolute Gasteiger partial charge is 0.497 e. The van der Waals surface area contributed by atoms with Crippen LogP contribution >= 0.6 is 0 Å². The minimum absolute atomic E-state index is 0.106. The van der Waals surface area contributed by atoms with E-state index in [1.165, 1.54) is 6.08 Å². The highest BCUT2D eigenvalue weighted by atomic mass is 16.5. The van der Waals surface area contributed by atoms with Crippen LogP contribution in [0.2, 0.25) is 0 Å². The Kier molecular flexibility index (Phi) is 5.58. The van der Waals surface area contributed by atoms with E-state index in [-0.39, 0.29) is 5.91 Å². The number of nitrogens with one attached hydrogen (secondary N) is 1. The molecule has 0 bridgehead atoms. The summed E-state index contributed by atoms with van der Waals surface area (Å²) >= 11 is 0. The molecule has 17 heavy (non-hydrogen) atoms. The molecule has 1 aromatic carbocycles. The summed E-state index contributed by atoms with van der Waals surface area (Å²) < 4.78 is 5.11. The Morgan fingerprint density at radius 1 is 1.41 bits per heavy atom. The highest BCUT2D eigenvalue weighted by Gasteiger charge is 1.97. The maximum absolute atomic E-state index is 11.4. The van der Waals surface area contributed by atoms with Gasteiger partial charge in [0.05, 0.1) is 7.11 Å². The van der Waals surface area contributed by atoms with Gasteiger partial charge in [-0.3, -0.25) is 4.79 Å². The van der Waals surface area contributed by atoms with Crippen LogP contribution in [0.25, 0.3) is 0 Å². The summed E-state index contributed by atoms with van der Waals surface area (Å²) in [6, 6.07) is 7.61. The predicted molar refractivity (Wildman–Crippen MR) is 68.8 cm³/mol. The molecule has 0 spiro atoms. The molecule has 1 aromatic rings. The summed E-state index contributed by atoms with van der Waals surface area (Å²) in [4.78, 5) is 11.4. The lowest BCUT2D eigenvalue weighted by Crippen LogP contribution is -2.20. The van der Waals surface area contributed by atoms with Crippen LogP contribution < -0.4 is 10.1 Å². The summed E-state index contributed by atoms with van der Waals surface area (Å²) in [7, 11) is 1.62. The molecule has 0 fully saturated rings. The van der Waals surface area contributed by atoms with Crippen LogP contribution in [0.3, 0.4) is 0 Å². The summed E-state index contributed by atoms with van der Waals surface area (Å²) in [6.07, 6.45) is 6.89. The van der Waals surface area contributed by atoms with Gasteiger partial charge in [0, 0.05) is 12.6 Å². The van der Waals surface area contributed by atoms with Crippen molar-refractivity contribution in [2.24, 2.45) is 0 Å². The molecule has 0 aliphatic rings. The molecule has 3 heteroatoms. The zero-order valence-electron chi connectivity index (χ0n) is 10.1. The summed E-state index contributed by atoms with van der Waals surface area (Å²) in [5, 5.41) is 2.79. The Labute approximate surface area is 102 Å². The van der Waals surface area contributed by atoms with E-state index >= 15 is 0 Å². The third kappa shape index (κ3) is 5.02. The van der Waals surface area contributed by atoms with Gasteiger partial charge in [0.15, 0.2) is 0 Å². The average Bonchev–Trinajstić information content (AvgIpc) is 2.37. The number of methoxy groups -OCH3 is 1. The Bertz CT molecular complexity index is 422. The molecule has 0 unspecified atom stereocenters. The van der Waals surface area contributed by atoms with E-state index in [1.807, 2.05) is 43.3 Å². The lowest BCUT2D eigenvalue weighted by molar-refractivity contribution is -0.116. The first-order chi connectivity index (χ1) is 8.26. The zero-order chi connectivity index (χ0) is 12.5. The van der Waals surface area contributed by atoms with Gasteiger partial charge >= 0.3 is 0 Å². The minimum atomic E-state index is -0.106. The molecular formula is C14H17NO2. The van der Waals surface area contributed by atoms with Crippen molar-refractivity contribution in [1.29, 1.82) is 0 Å². The average molecular weight is 231 g/mol. The van der Waals surface area contributed by atoms with Gasteiger partial charge in [0.2, 0.25) is 5.91 Å². The number of benzene rings is 1. The fraction of sp³-hybridized carbons (Fsp3) is 0.214. The number of hydrogen-bond acceptors (Lipinski definition) is 2. The molecule has 0 atom stereocenters. The minimum Gasteiger partial charge on any atom is -0.497 e. The van der Waals surface area contributed by atoms with Gasteiger partial charge in [-0.2, -0.15) is 0 Å². The fourth-order valence-corrected chi connectivity index (χ4v) is 1.28. The Hall–Kier alpha value is -2.03.